The lowest BCUT2D eigenvalue weighted by Gasteiger charge is -2.31. The second kappa shape index (κ2) is 5.77. The summed E-state index contributed by atoms with van der Waals surface area (Å²) in [5.41, 5.74) is 1.09. The molecule has 2 saturated heterocycles. The van der Waals surface area contributed by atoms with Crippen LogP contribution in [0.5, 0.6) is 0 Å². The number of morpholine rings is 1. The van der Waals surface area contributed by atoms with Crippen molar-refractivity contribution in [3.63, 3.8) is 0 Å². The third-order valence-electron chi connectivity index (χ3n) is 3.91. The van der Waals surface area contributed by atoms with Gasteiger partial charge in [-0.2, -0.15) is 4.98 Å². The molecule has 0 spiro atoms. The highest BCUT2D eigenvalue weighted by molar-refractivity contribution is 5.46. The van der Waals surface area contributed by atoms with Gasteiger partial charge in [-0.25, -0.2) is 4.98 Å². The molecular weight excluding hydrogens is 266 g/mol. The Bertz CT molecular complexity index is 489. The molecule has 0 unspecified atom stereocenters. The van der Waals surface area contributed by atoms with Gasteiger partial charge in [-0.1, -0.05) is 20.8 Å². The lowest BCUT2D eigenvalue weighted by molar-refractivity contribution is 0.122. The van der Waals surface area contributed by atoms with E-state index in [-0.39, 0.29) is 5.41 Å². The molecule has 2 N–H and O–H groups in total. The SMILES string of the molecule is CC(C)(C)c1cc(NC2CNC2)nc(N2CCOCC2)n1. The Morgan fingerprint density at radius 1 is 1.24 bits per heavy atom. The summed E-state index contributed by atoms with van der Waals surface area (Å²) >= 11 is 0. The maximum atomic E-state index is 5.42. The van der Waals surface area contributed by atoms with Crippen molar-refractivity contribution in [2.75, 3.05) is 49.6 Å². The molecule has 0 saturated carbocycles. The van der Waals surface area contributed by atoms with E-state index < -0.39 is 0 Å². The summed E-state index contributed by atoms with van der Waals surface area (Å²) < 4.78 is 5.42. The molecule has 3 heterocycles. The Morgan fingerprint density at radius 3 is 2.52 bits per heavy atom. The van der Waals surface area contributed by atoms with Gasteiger partial charge in [0.05, 0.1) is 24.9 Å². The van der Waals surface area contributed by atoms with Gasteiger partial charge in [0.25, 0.3) is 0 Å². The average molecular weight is 291 g/mol. The van der Waals surface area contributed by atoms with Crippen molar-refractivity contribution in [1.29, 1.82) is 0 Å². The lowest BCUT2D eigenvalue weighted by atomic mass is 9.92. The molecule has 0 atom stereocenters. The first-order chi connectivity index (χ1) is 10.0. The van der Waals surface area contributed by atoms with E-state index in [4.69, 9.17) is 14.7 Å². The molecule has 1 aromatic rings. The van der Waals surface area contributed by atoms with Gasteiger partial charge >= 0.3 is 0 Å². The number of rotatable bonds is 3. The zero-order valence-corrected chi connectivity index (χ0v) is 13.1. The van der Waals surface area contributed by atoms with Crippen LogP contribution in [0.15, 0.2) is 6.07 Å². The minimum absolute atomic E-state index is 0.0122. The number of nitrogens with one attached hydrogen (secondary N) is 2. The quantitative estimate of drug-likeness (QED) is 0.866. The van der Waals surface area contributed by atoms with E-state index in [0.717, 1.165) is 56.9 Å². The molecule has 21 heavy (non-hydrogen) atoms. The molecule has 0 amide bonds. The van der Waals surface area contributed by atoms with Crippen LogP contribution >= 0.6 is 0 Å². The number of aromatic nitrogens is 2. The summed E-state index contributed by atoms with van der Waals surface area (Å²) in [4.78, 5) is 11.7. The smallest absolute Gasteiger partial charge is 0.227 e. The Kier molecular flexibility index (Phi) is 3.99. The molecule has 6 nitrogen and oxygen atoms in total. The minimum atomic E-state index is 0.0122. The molecule has 2 fully saturated rings. The first-order valence-electron chi connectivity index (χ1n) is 7.72. The van der Waals surface area contributed by atoms with Crippen LogP contribution in [0.3, 0.4) is 0 Å². The monoisotopic (exact) mass is 291 g/mol. The molecule has 6 heteroatoms. The van der Waals surface area contributed by atoms with Crippen molar-refractivity contribution in [2.45, 2.75) is 32.2 Å². The van der Waals surface area contributed by atoms with Crippen molar-refractivity contribution >= 4 is 11.8 Å². The zero-order chi connectivity index (χ0) is 14.9. The van der Waals surface area contributed by atoms with Crippen LogP contribution in [0.1, 0.15) is 26.5 Å². The van der Waals surface area contributed by atoms with E-state index in [1.165, 1.54) is 0 Å². The average Bonchev–Trinajstić information content (AvgIpc) is 2.43. The Labute approximate surface area is 126 Å². The van der Waals surface area contributed by atoms with Crippen LogP contribution in [-0.2, 0) is 10.2 Å². The van der Waals surface area contributed by atoms with Crippen molar-refractivity contribution in [3.8, 4) is 0 Å². The van der Waals surface area contributed by atoms with E-state index >= 15 is 0 Å². The predicted octanol–water partition coefficient (Wildman–Crippen LogP) is 0.994. The minimum Gasteiger partial charge on any atom is -0.378 e. The van der Waals surface area contributed by atoms with Gasteiger partial charge in [-0.05, 0) is 0 Å². The Balaban J connectivity index is 1.87. The summed E-state index contributed by atoms with van der Waals surface area (Å²) in [5.74, 6) is 1.75. The normalized spacial score (nSPS) is 20.2. The highest BCUT2D eigenvalue weighted by Gasteiger charge is 2.23. The van der Waals surface area contributed by atoms with Crippen LogP contribution in [0.2, 0.25) is 0 Å². The second-order valence-electron chi connectivity index (χ2n) is 6.79. The maximum Gasteiger partial charge on any atom is 0.227 e. The highest BCUT2D eigenvalue weighted by Crippen LogP contribution is 2.25. The largest absolute Gasteiger partial charge is 0.378 e. The third kappa shape index (κ3) is 3.44. The molecule has 3 rings (SSSR count). The molecule has 0 aliphatic carbocycles. The van der Waals surface area contributed by atoms with Crippen LogP contribution < -0.4 is 15.5 Å². The molecule has 0 aromatic carbocycles. The zero-order valence-electron chi connectivity index (χ0n) is 13.1. The van der Waals surface area contributed by atoms with Gasteiger partial charge in [0, 0.05) is 37.7 Å². The fourth-order valence-electron chi connectivity index (χ4n) is 2.40. The second-order valence-corrected chi connectivity index (χ2v) is 6.79. The molecule has 116 valence electrons. The summed E-state index contributed by atoms with van der Waals surface area (Å²) in [6, 6.07) is 2.56. The molecule has 0 bridgehead atoms. The fourth-order valence-corrected chi connectivity index (χ4v) is 2.40. The molecule has 1 aromatic heterocycles. The molecule has 0 radical (unpaired) electrons. The summed E-state index contributed by atoms with van der Waals surface area (Å²) in [5, 5.41) is 6.77. The van der Waals surface area contributed by atoms with E-state index in [0.29, 0.717) is 6.04 Å². The van der Waals surface area contributed by atoms with Crippen molar-refractivity contribution in [1.82, 2.24) is 15.3 Å². The number of ether oxygens (including phenoxy) is 1. The van der Waals surface area contributed by atoms with Gasteiger partial charge in [0.2, 0.25) is 5.95 Å². The Morgan fingerprint density at radius 2 is 1.95 bits per heavy atom. The molecular formula is C15H25N5O. The van der Waals surface area contributed by atoms with E-state index in [2.05, 4.69) is 42.4 Å². The highest BCUT2D eigenvalue weighted by atomic mass is 16.5. The van der Waals surface area contributed by atoms with Gasteiger partial charge in [-0.3, -0.25) is 0 Å². The number of hydrogen-bond donors (Lipinski definition) is 2. The predicted molar refractivity (Wildman–Crippen MR) is 84.0 cm³/mol. The van der Waals surface area contributed by atoms with E-state index in [1.807, 2.05) is 0 Å². The summed E-state index contributed by atoms with van der Waals surface area (Å²) in [6.07, 6.45) is 0. The maximum absolute atomic E-state index is 5.42. The fraction of sp³-hybridized carbons (Fsp3) is 0.733. The van der Waals surface area contributed by atoms with E-state index in [1.54, 1.807) is 0 Å². The van der Waals surface area contributed by atoms with Gasteiger partial charge < -0.3 is 20.3 Å². The molecule has 2 aliphatic rings. The van der Waals surface area contributed by atoms with Gasteiger partial charge in [0.1, 0.15) is 5.82 Å². The van der Waals surface area contributed by atoms with Crippen LogP contribution in [0, 0.1) is 0 Å². The first-order valence-corrected chi connectivity index (χ1v) is 7.72. The van der Waals surface area contributed by atoms with Crippen LogP contribution in [-0.4, -0.2) is 55.4 Å². The van der Waals surface area contributed by atoms with Gasteiger partial charge in [0.15, 0.2) is 0 Å². The number of nitrogens with zero attached hydrogens (tertiary/aromatic N) is 3. The van der Waals surface area contributed by atoms with Gasteiger partial charge in [-0.15, -0.1) is 0 Å². The Hall–Kier alpha value is -1.40. The standard InChI is InChI=1S/C15H25N5O/c1-15(2,3)12-8-13(17-11-9-16-10-11)19-14(18-12)20-4-6-21-7-5-20/h8,11,16H,4-7,9-10H2,1-3H3,(H,17,18,19). The van der Waals surface area contributed by atoms with Crippen molar-refractivity contribution in [3.05, 3.63) is 11.8 Å². The topological polar surface area (TPSA) is 62.3 Å². The van der Waals surface area contributed by atoms with Crippen molar-refractivity contribution < 1.29 is 4.74 Å². The van der Waals surface area contributed by atoms with Crippen LogP contribution in [0.25, 0.3) is 0 Å². The lowest BCUT2D eigenvalue weighted by Crippen LogP contribution is -2.51. The summed E-state index contributed by atoms with van der Waals surface area (Å²) in [7, 11) is 0. The van der Waals surface area contributed by atoms with E-state index in [9.17, 15) is 0 Å². The van der Waals surface area contributed by atoms with Crippen LogP contribution in [0.4, 0.5) is 11.8 Å². The summed E-state index contributed by atoms with van der Waals surface area (Å²) in [6.45, 7) is 11.8. The molecule has 2 aliphatic heterocycles. The van der Waals surface area contributed by atoms with Crippen molar-refractivity contribution in [2.24, 2.45) is 0 Å². The number of hydrogen-bond acceptors (Lipinski definition) is 6. The first kappa shape index (κ1) is 14.5. The number of anilines is 2. The third-order valence-corrected chi connectivity index (χ3v) is 3.91.